The predicted octanol–water partition coefficient (Wildman–Crippen LogP) is -0.0871. The molecule has 3 aliphatic heterocycles. The van der Waals surface area contributed by atoms with E-state index in [0.717, 1.165) is 6.42 Å². The molecular weight excluding hydrogens is 222 g/mol. The molecule has 0 radical (unpaired) electrons. The van der Waals surface area contributed by atoms with Crippen LogP contribution in [0.4, 0.5) is 0 Å². The summed E-state index contributed by atoms with van der Waals surface area (Å²) in [7, 11) is 0. The summed E-state index contributed by atoms with van der Waals surface area (Å²) in [4.78, 5) is 13.6. The van der Waals surface area contributed by atoms with Gasteiger partial charge < -0.3 is 19.5 Å². The largest absolute Gasteiger partial charge is 0.394 e. The smallest absolute Gasteiger partial charge is 0.220 e. The third-order valence-electron chi connectivity index (χ3n) is 4.59. The number of epoxide rings is 1. The van der Waals surface area contributed by atoms with Crippen molar-refractivity contribution in [1.29, 1.82) is 0 Å². The Balaban J connectivity index is 1.86. The van der Waals surface area contributed by atoms with E-state index < -0.39 is 0 Å². The maximum Gasteiger partial charge on any atom is 0.220 e. The first kappa shape index (κ1) is 11.4. The van der Waals surface area contributed by atoms with Gasteiger partial charge in [0, 0.05) is 6.92 Å². The lowest BCUT2D eigenvalue weighted by Crippen LogP contribution is -2.80. The summed E-state index contributed by atoms with van der Waals surface area (Å²) in [6.45, 7) is 5.69. The van der Waals surface area contributed by atoms with Gasteiger partial charge in [-0.1, -0.05) is 6.92 Å². The summed E-state index contributed by atoms with van der Waals surface area (Å²) in [5.74, 6) is 0.0795. The summed E-state index contributed by atoms with van der Waals surface area (Å²) in [6.07, 6.45) is 0.668. The first-order chi connectivity index (χ1) is 8.04. The van der Waals surface area contributed by atoms with Gasteiger partial charge in [0.15, 0.2) is 0 Å². The molecule has 5 heteroatoms. The number of carbonyl (C=O) groups excluding carboxylic acids is 1. The van der Waals surface area contributed by atoms with E-state index in [2.05, 4.69) is 6.92 Å². The third kappa shape index (κ3) is 1.27. The minimum absolute atomic E-state index is 0.00250. The molecule has 3 fully saturated rings. The number of likely N-dealkylation sites (tertiary alicyclic amines) is 1. The van der Waals surface area contributed by atoms with Crippen molar-refractivity contribution in [3.8, 4) is 0 Å². The van der Waals surface area contributed by atoms with Crippen molar-refractivity contribution in [1.82, 2.24) is 4.90 Å². The van der Waals surface area contributed by atoms with Crippen molar-refractivity contribution in [3.05, 3.63) is 0 Å². The van der Waals surface area contributed by atoms with Crippen LogP contribution in [0, 0.1) is 0 Å². The van der Waals surface area contributed by atoms with Crippen LogP contribution in [-0.2, 0) is 14.3 Å². The highest BCUT2D eigenvalue weighted by atomic mass is 16.6. The number of amides is 1. The van der Waals surface area contributed by atoms with Crippen molar-refractivity contribution < 1.29 is 19.4 Å². The SMILES string of the molecule is CCC1(C)C2OC(CO)C3OC3C2N1C(C)=O. The Morgan fingerprint density at radius 2 is 2.12 bits per heavy atom. The molecule has 96 valence electrons. The van der Waals surface area contributed by atoms with Crippen LogP contribution in [0.25, 0.3) is 0 Å². The van der Waals surface area contributed by atoms with Gasteiger partial charge in [0.05, 0.1) is 18.2 Å². The number of aliphatic hydroxyl groups excluding tert-OH is 1. The maximum absolute atomic E-state index is 11.7. The highest BCUT2D eigenvalue weighted by molar-refractivity contribution is 5.76. The van der Waals surface area contributed by atoms with Crippen LogP contribution in [0.2, 0.25) is 0 Å². The zero-order valence-electron chi connectivity index (χ0n) is 10.4. The number of rotatable bonds is 2. The predicted molar refractivity (Wildman–Crippen MR) is 59.4 cm³/mol. The average molecular weight is 241 g/mol. The van der Waals surface area contributed by atoms with Crippen LogP contribution in [0.1, 0.15) is 27.2 Å². The molecule has 0 spiro atoms. The Labute approximate surface area is 101 Å². The lowest BCUT2D eigenvalue weighted by atomic mass is 9.71. The van der Waals surface area contributed by atoms with Gasteiger partial charge >= 0.3 is 0 Å². The number of ether oxygens (including phenoxy) is 2. The van der Waals surface area contributed by atoms with Crippen LogP contribution in [0.5, 0.6) is 0 Å². The average Bonchev–Trinajstić information content (AvgIpc) is 3.06. The molecule has 0 saturated carbocycles. The van der Waals surface area contributed by atoms with Gasteiger partial charge in [-0.25, -0.2) is 0 Å². The number of fused-ring (bicyclic) bond motifs is 3. The van der Waals surface area contributed by atoms with Gasteiger partial charge in [0.1, 0.15) is 24.4 Å². The zero-order chi connectivity index (χ0) is 12.4. The zero-order valence-corrected chi connectivity index (χ0v) is 10.4. The van der Waals surface area contributed by atoms with Gasteiger partial charge in [0.25, 0.3) is 0 Å². The molecule has 5 nitrogen and oxygen atoms in total. The Kier molecular flexibility index (Phi) is 2.31. The summed E-state index contributed by atoms with van der Waals surface area (Å²) in [5, 5.41) is 9.25. The second-order valence-electron chi connectivity index (χ2n) is 5.43. The van der Waals surface area contributed by atoms with E-state index >= 15 is 0 Å². The molecule has 17 heavy (non-hydrogen) atoms. The fourth-order valence-electron chi connectivity index (χ4n) is 3.51. The van der Waals surface area contributed by atoms with Crippen molar-refractivity contribution in [2.45, 2.75) is 63.2 Å². The highest BCUT2D eigenvalue weighted by Gasteiger charge is 2.71. The molecule has 3 rings (SSSR count). The van der Waals surface area contributed by atoms with E-state index in [1.165, 1.54) is 0 Å². The van der Waals surface area contributed by atoms with E-state index in [-0.39, 0.29) is 48.5 Å². The lowest BCUT2D eigenvalue weighted by Gasteiger charge is -2.63. The van der Waals surface area contributed by atoms with E-state index in [0.29, 0.717) is 0 Å². The molecule has 3 saturated heterocycles. The van der Waals surface area contributed by atoms with E-state index in [9.17, 15) is 9.90 Å². The Bertz CT molecular complexity index is 360. The second-order valence-corrected chi connectivity index (χ2v) is 5.43. The Hall–Kier alpha value is -0.650. The van der Waals surface area contributed by atoms with Gasteiger partial charge in [-0.3, -0.25) is 4.79 Å². The van der Waals surface area contributed by atoms with Gasteiger partial charge in [-0.2, -0.15) is 0 Å². The summed E-state index contributed by atoms with van der Waals surface area (Å²) in [6, 6.07) is 0.0465. The second kappa shape index (κ2) is 3.43. The fourth-order valence-corrected chi connectivity index (χ4v) is 3.51. The molecule has 1 amide bonds. The highest BCUT2D eigenvalue weighted by Crippen LogP contribution is 2.52. The number of carbonyl (C=O) groups is 1. The first-order valence-electron chi connectivity index (χ1n) is 6.26. The molecule has 1 N–H and O–H groups in total. The van der Waals surface area contributed by atoms with Crippen molar-refractivity contribution in [3.63, 3.8) is 0 Å². The quantitative estimate of drug-likeness (QED) is 0.686. The molecule has 3 aliphatic rings. The van der Waals surface area contributed by atoms with E-state index in [1.807, 2.05) is 11.8 Å². The third-order valence-corrected chi connectivity index (χ3v) is 4.59. The van der Waals surface area contributed by atoms with Crippen LogP contribution >= 0.6 is 0 Å². The molecule has 0 aromatic carbocycles. The minimum Gasteiger partial charge on any atom is -0.394 e. The normalized spacial score (nSPS) is 51.3. The fraction of sp³-hybridized carbons (Fsp3) is 0.917. The summed E-state index contributed by atoms with van der Waals surface area (Å²) < 4.78 is 11.5. The van der Waals surface area contributed by atoms with Crippen molar-refractivity contribution >= 4 is 5.91 Å². The first-order valence-corrected chi connectivity index (χ1v) is 6.26. The monoisotopic (exact) mass is 241 g/mol. The molecule has 6 atom stereocenters. The van der Waals surface area contributed by atoms with Gasteiger partial charge in [-0.05, 0) is 13.3 Å². The van der Waals surface area contributed by atoms with Gasteiger partial charge in [0.2, 0.25) is 5.91 Å². The van der Waals surface area contributed by atoms with Crippen molar-refractivity contribution in [2.24, 2.45) is 0 Å². The van der Waals surface area contributed by atoms with Crippen molar-refractivity contribution in [2.75, 3.05) is 6.61 Å². The number of nitrogens with zero attached hydrogens (tertiary/aromatic N) is 1. The van der Waals surface area contributed by atoms with Gasteiger partial charge in [-0.15, -0.1) is 0 Å². The van der Waals surface area contributed by atoms with E-state index in [1.54, 1.807) is 6.92 Å². The lowest BCUT2D eigenvalue weighted by molar-refractivity contribution is -0.236. The van der Waals surface area contributed by atoms with Crippen LogP contribution in [0.3, 0.4) is 0 Å². The molecule has 3 heterocycles. The van der Waals surface area contributed by atoms with Crippen LogP contribution in [0.15, 0.2) is 0 Å². The molecule has 0 bridgehead atoms. The van der Waals surface area contributed by atoms with Crippen LogP contribution in [-0.4, -0.2) is 58.5 Å². The van der Waals surface area contributed by atoms with Crippen LogP contribution < -0.4 is 0 Å². The summed E-state index contributed by atoms with van der Waals surface area (Å²) >= 11 is 0. The molecule has 0 aliphatic carbocycles. The number of hydrogen-bond donors (Lipinski definition) is 1. The number of aliphatic hydroxyl groups is 1. The molecule has 6 unspecified atom stereocenters. The van der Waals surface area contributed by atoms with E-state index in [4.69, 9.17) is 9.47 Å². The molecule has 0 aromatic heterocycles. The maximum atomic E-state index is 11.7. The number of hydrogen-bond acceptors (Lipinski definition) is 4. The standard InChI is InChI=1S/C12H19NO4/c1-4-12(3)11-8(13(12)6(2)15)10-9(17-10)7(5-14)16-11/h7-11,14H,4-5H2,1-3H3. The molecular formula is C12H19NO4. The summed E-state index contributed by atoms with van der Waals surface area (Å²) in [5.41, 5.74) is -0.249. The minimum atomic E-state index is -0.249. The topological polar surface area (TPSA) is 62.3 Å². The molecule has 0 aromatic rings. The Morgan fingerprint density at radius 1 is 1.41 bits per heavy atom. The Morgan fingerprint density at radius 3 is 2.65 bits per heavy atom.